The highest BCUT2D eigenvalue weighted by molar-refractivity contribution is 9.10. The van der Waals surface area contributed by atoms with Crippen molar-refractivity contribution in [2.45, 2.75) is 33.3 Å². The first-order valence-electron chi connectivity index (χ1n) is 7.47. The fourth-order valence-electron chi connectivity index (χ4n) is 2.23. The number of hydrogen-bond acceptors (Lipinski definition) is 5. The lowest BCUT2D eigenvalue weighted by Gasteiger charge is -2.20. The number of fused-ring (bicyclic) bond motifs is 1. The van der Waals surface area contributed by atoms with Crippen LogP contribution in [-0.4, -0.2) is 35.9 Å². The SMILES string of the molecule is CCOC(=O)c1cc2cc(OC)c(Br)cc2n1C(=O)OC(C)(C)C. The standard InChI is InChI=1S/C17H20BrNO5/c1-6-23-15(20)13-7-10-8-14(22-5)11(18)9-12(10)19(13)16(21)24-17(2,3)4/h7-9H,6H2,1-5H3. The molecule has 2 rings (SSSR count). The lowest BCUT2D eigenvalue weighted by atomic mass is 10.2. The maximum absolute atomic E-state index is 12.6. The predicted molar refractivity (Wildman–Crippen MR) is 93.8 cm³/mol. The Kier molecular flexibility index (Phi) is 5.22. The van der Waals surface area contributed by atoms with Crippen molar-refractivity contribution in [1.82, 2.24) is 4.57 Å². The summed E-state index contributed by atoms with van der Waals surface area (Å²) in [6.45, 7) is 7.21. The van der Waals surface area contributed by atoms with Crippen LogP contribution in [0.3, 0.4) is 0 Å². The normalized spacial score (nSPS) is 11.4. The molecule has 0 N–H and O–H groups in total. The number of nitrogens with zero attached hydrogens (tertiary/aromatic N) is 1. The molecule has 0 radical (unpaired) electrons. The molecule has 2 aromatic rings. The second kappa shape index (κ2) is 6.84. The van der Waals surface area contributed by atoms with E-state index >= 15 is 0 Å². The summed E-state index contributed by atoms with van der Waals surface area (Å²) in [7, 11) is 1.54. The molecule has 0 aliphatic heterocycles. The lowest BCUT2D eigenvalue weighted by Crippen LogP contribution is -2.29. The van der Waals surface area contributed by atoms with Crippen molar-refractivity contribution in [1.29, 1.82) is 0 Å². The molecule has 24 heavy (non-hydrogen) atoms. The molecule has 0 aliphatic carbocycles. The number of aromatic nitrogens is 1. The van der Waals surface area contributed by atoms with E-state index in [9.17, 15) is 9.59 Å². The number of benzene rings is 1. The van der Waals surface area contributed by atoms with Gasteiger partial charge in [-0.2, -0.15) is 0 Å². The summed E-state index contributed by atoms with van der Waals surface area (Å²) >= 11 is 3.39. The van der Waals surface area contributed by atoms with Crippen LogP contribution < -0.4 is 4.74 Å². The Hall–Kier alpha value is -2.02. The van der Waals surface area contributed by atoms with E-state index in [4.69, 9.17) is 14.2 Å². The minimum absolute atomic E-state index is 0.112. The van der Waals surface area contributed by atoms with E-state index in [1.54, 1.807) is 53.0 Å². The number of esters is 1. The molecule has 6 nitrogen and oxygen atoms in total. The van der Waals surface area contributed by atoms with Gasteiger partial charge in [0.1, 0.15) is 17.0 Å². The molecule has 7 heteroatoms. The smallest absolute Gasteiger partial charge is 0.419 e. The van der Waals surface area contributed by atoms with Gasteiger partial charge in [-0.3, -0.25) is 0 Å². The van der Waals surface area contributed by atoms with Gasteiger partial charge in [-0.1, -0.05) is 0 Å². The summed E-state index contributed by atoms with van der Waals surface area (Å²) in [4.78, 5) is 24.9. The van der Waals surface area contributed by atoms with Gasteiger partial charge in [0, 0.05) is 5.39 Å². The van der Waals surface area contributed by atoms with Crippen LogP contribution >= 0.6 is 15.9 Å². The highest BCUT2D eigenvalue weighted by Crippen LogP contribution is 2.32. The van der Waals surface area contributed by atoms with Crippen LogP contribution in [0.25, 0.3) is 10.9 Å². The number of ether oxygens (including phenoxy) is 3. The summed E-state index contributed by atoms with van der Waals surface area (Å²) in [6.07, 6.45) is -0.641. The third-order valence-corrected chi connectivity index (χ3v) is 3.76. The summed E-state index contributed by atoms with van der Waals surface area (Å²) in [5.41, 5.74) is -0.0511. The van der Waals surface area contributed by atoms with Crippen LogP contribution in [0.15, 0.2) is 22.7 Å². The van der Waals surface area contributed by atoms with Gasteiger partial charge in [0.05, 0.1) is 23.7 Å². The molecule has 1 aromatic carbocycles. The Morgan fingerprint density at radius 2 is 1.88 bits per heavy atom. The zero-order valence-electron chi connectivity index (χ0n) is 14.3. The first-order chi connectivity index (χ1) is 11.2. The topological polar surface area (TPSA) is 66.8 Å². The van der Waals surface area contributed by atoms with Gasteiger partial charge in [-0.15, -0.1) is 0 Å². The summed E-state index contributed by atoms with van der Waals surface area (Å²) in [5.74, 6) is 0.00824. The van der Waals surface area contributed by atoms with Crippen LogP contribution in [0.5, 0.6) is 5.75 Å². The van der Waals surface area contributed by atoms with Gasteiger partial charge in [0.25, 0.3) is 0 Å². The van der Waals surface area contributed by atoms with Gasteiger partial charge >= 0.3 is 12.1 Å². The molecule has 0 amide bonds. The van der Waals surface area contributed by atoms with Crippen molar-refractivity contribution in [2.75, 3.05) is 13.7 Å². The second-order valence-electron chi connectivity index (χ2n) is 6.11. The van der Waals surface area contributed by atoms with E-state index in [-0.39, 0.29) is 12.3 Å². The average Bonchev–Trinajstić information content (AvgIpc) is 2.83. The minimum Gasteiger partial charge on any atom is -0.496 e. The Labute approximate surface area is 148 Å². The summed E-state index contributed by atoms with van der Waals surface area (Å²) in [6, 6.07) is 5.04. The van der Waals surface area contributed by atoms with Crippen LogP contribution in [-0.2, 0) is 9.47 Å². The fourth-order valence-corrected chi connectivity index (χ4v) is 2.72. The highest BCUT2D eigenvalue weighted by Gasteiger charge is 2.26. The molecule has 0 saturated carbocycles. The molecule has 0 bridgehead atoms. The quantitative estimate of drug-likeness (QED) is 0.719. The van der Waals surface area contributed by atoms with Gasteiger partial charge in [0.2, 0.25) is 0 Å². The third kappa shape index (κ3) is 3.72. The van der Waals surface area contributed by atoms with E-state index < -0.39 is 17.7 Å². The van der Waals surface area contributed by atoms with E-state index in [2.05, 4.69) is 15.9 Å². The Bertz CT molecular complexity index is 788. The van der Waals surface area contributed by atoms with E-state index in [1.165, 1.54) is 4.57 Å². The molecule has 0 fully saturated rings. The van der Waals surface area contributed by atoms with Crippen LogP contribution in [0.4, 0.5) is 4.79 Å². The Balaban J connectivity index is 2.67. The third-order valence-electron chi connectivity index (χ3n) is 3.14. The molecule has 0 aliphatic rings. The summed E-state index contributed by atoms with van der Waals surface area (Å²) < 4.78 is 17.6. The number of carbonyl (C=O) groups excluding carboxylic acids is 2. The number of carbonyl (C=O) groups is 2. The van der Waals surface area contributed by atoms with Gasteiger partial charge < -0.3 is 14.2 Å². The Morgan fingerprint density at radius 3 is 2.42 bits per heavy atom. The van der Waals surface area contributed by atoms with Crippen molar-refractivity contribution in [3.8, 4) is 5.75 Å². The molecule has 0 atom stereocenters. The van der Waals surface area contributed by atoms with Crippen LogP contribution in [0, 0.1) is 0 Å². The average molecular weight is 398 g/mol. The van der Waals surface area contributed by atoms with Crippen LogP contribution in [0.1, 0.15) is 38.2 Å². The molecular weight excluding hydrogens is 378 g/mol. The Morgan fingerprint density at radius 1 is 1.21 bits per heavy atom. The first kappa shape index (κ1) is 18.3. The maximum Gasteiger partial charge on any atom is 0.419 e. The summed E-state index contributed by atoms with van der Waals surface area (Å²) in [5, 5.41) is 0.670. The van der Waals surface area contributed by atoms with Crippen molar-refractivity contribution < 1.29 is 23.8 Å². The van der Waals surface area contributed by atoms with Gasteiger partial charge in [0.15, 0.2) is 0 Å². The van der Waals surface area contributed by atoms with E-state index in [0.29, 0.717) is 21.1 Å². The molecule has 0 spiro atoms. The highest BCUT2D eigenvalue weighted by atomic mass is 79.9. The molecule has 1 heterocycles. The maximum atomic E-state index is 12.6. The van der Waals surface area contributed by atoms with E-state index in [1.807, 2.05) is 0 Å². The van der Waals surface area contributed by atoms with Crippen molar-refractivity contribution in [3.05, 3.63) is 28.4 Å². The molecule has 130 valence electrons. The molecule has 1 aromatic heterocycles. The molecule has 0 unspecified atom stereocenters. The molecule has 0 saturated heterocycles. The zero-order valence-corrected chi connectivity index (χ0v) is 15.9. The number of halogens is 1. The largest absolute Gasteiger partial charge is 0.496 e. The number of hydrogen-bond donors (Lipinski definition) is 0. The van der Waals surface area contributed by atoms with Crippen molar-refractivity contribution in [2.24, 2.45) is 0 Å². The second-order valence-corrected chi connectivity index (χ2v) is 6.97. The minimum atomic E-state index is -0.691. The van der Waals surface area contributed by atoms with Gasteiger partial charge in [-0.05, 0) is 61.8 Å². The monoisotopic (exact) mass is 397 g/mol. The fraction of sp³-hybridized carbons (Fsp3) is 0.412. The van der Waals surface area contributed by atoms with Gasteiger partial charge in [-0.25, -0.2) is 14.2 Å². The number of rotatable bonds is 3. The van der Waals surface area contributed by atoms with Crippen molar-refractivity contribution >= 4 is 38.9 Å². The lowest BCUT2D eigenvalue weighted by molar-refractivity contribution is 0.0454. The number of methoxy groups -OCH3 is 1. The van der Waals surface area contributed by atoms with Crippen LogP contribution in [0.2, 0.25) is 0 Å². The van der Waals surface area contributed by atoms with E-state index in [0.717, 1.165) is 0 Å². The predicted octanol–water partition coefficient (Wildman–Crippen LogP) is 4.37. The van der Waals surface area contributed by atoms with Crippen molar-refractivity contribution in [3.63, 3.8) is 0 Å². The zero-order chi connectivity index (χ0) is 18.1. The first-order valence-corrected chi connectivity index (χ1v) is 8.26. The molecular formula is C17H20BrNO5.